The first-order chi connectivity index (χ1) is 26.5. The molecule has 4 nitrogen and oxygen atoms in total. The molecule has 2 aliphatic rings. The molecule has 0 bridgehead atoms. The number of benzene rings is 6. The van der Waals surface area contributed by atoms with E-state index in [2.05, 4.69) is 129 Å². The Morgan fingerprint density at radius 2 is 1.15 bits per heavy atom. The molecule has 267 valence electrons. The molecule has 6 aromatic carbocycles. The van der Waals surface area contributed by atoms with Gasteiger partial charge in [-0.3, -0.25) is 0 Å². The summed E-state index contributed by atoms with van der Waals surface area (Å²) in [5.74, 6) is 3.37. The Morgan fingerprint density at radius 3 is 1.82 bits per heavy atom. The Hall–Kier alpha value is -6.07. The number of aromatic nitrogens is 2. The minimum Gasteiger partial charge on any atom is -0.503 e. The molecule has 6 heteroatoms. The number of nitrogens with zero attached hydrogens (tertiary/aromatic N) is 2. The van der Waals surface area contributed by atoms with Crippen molar-refractivity contribution in [2.75, 3.05) is 0 Å². The van der Waals surface area contributed by atoms with Crippen molar-refractivity contribution in [2.45, 2.75) is 20.8 Å². The largest absolute Gasteiger partial charge is 0.503 e. The van der Waals surface area contributed by atoms with Crippen LogP contribution in [0.3, 0.4) is 0 Å². The van der Waals surface area contributed by atoms with E-state index in [9.17, 15) is 0 Å². The Bertz CT molecular complexity index is 2650. The molecule has 10 rings (SSSR count). The summed E-state index contributed by atoms with van der Waals surface area (Å²) in [6, 6.07) is 56.3. The van der Waals surface area contributed by atoms with E-state index in [0.29, 0.717) is 0 Å². The molecule has 0 unspecified atom stereocenters. The van der Waals surface area contributed by atoms with Crippen LogP contribution < -0.4 is 25.9 Å². The van der Waals surface area contributed by atoms with Gasteiger partial charge >= 0.3 is 0 Å². The average molecular weight is 887 g/mol. The predicted octanol–water partition coefficient (Wildman–Crippen LogP) is 10.1. The van der Waals surface area contributed by atoms with Crippen LogP contribution in [0.2, 0.25) is 0 Å². The first-order valence-electron chi connectivity index (χ1n) is 18.2. The smallest absolute Gasteiger partial charge is 0.241 e. The van der Waals surface area contributed by atoms with Crippen LogP contribution in [0.5, 0.6) is 23.0 Å². The number of hydrogen-bond acceptors (Lipinski definition) is 4. The molecule has 1 radical (unpaired) electrons. The SMILES string of the molecule is Cc1c[c-]c(-c2cc(-c3ccccc3)c(C)cn2)cc1.Cc1cnc(-c2[c-]ccc3c2Oc2cccc4c2B3c2ccccc2O4)cc1-c1ccccc1.[Ir]. The summed E-state index contributed by atoms with van der Waals surface area (Å²) < 4.78 is 12.8. The van der Waals surface area contributed by atoms with E-state index >= 15 is 0 Å². The number of pyridine rings is 2. The summed E-state index contributed by atoms with van der Waals surface area (Å²) >= 11 is 0. The van der Waals surface area contributed by atoms with Crippen LogP contribution in [0, 0.1) is 32.9 Å². The van der Waals surface area contributed by atoms with Crippen molar-refractivity contribution in [3.8, 4) is 67.8 Å². The zero-order chi connectivity index (χ0) is 36.6. The first kappa shape index (κ1) is 35.9. The fourth-order valence-corrected chi connectivity index (χ4v) is 7.38. The van der Waals surface area contributed by atoms with Crippen LogP contribution in [0.1, 0.15) is 16.7 Å². The predicted molar refractivity (Wildman–Crippen MR) is 220 cm³/mol. The van der Waals surface area contributed by atoms with Gasteiger partial charge in [0.2, 0.25) is 6.71 Å². The van der Waals surface area contributed by atoms with E-state index < -0.39 is 0 Å². The molecule has 0 amide bonds. The maximum Gasteiger partial charge on any atom is 0.241 e. The van der Waals surface area contributed by atoms with Gasteiger partial charge in [-0.15, -0.1) is 59.1 Å². The third-order valence-corrected chi connectivity index (χ3v) is 10.1. The Morgan fingerprint density at radius 1 is 0.545 bits per heavy atom. The van der Waals surface area contributed by atoms with Crippen molar-refractivity contribution >= 4 is 23.1 Å². The topological polar surface area (TPSA) is 44.2 Å². The van der Waals surface area contributed by atoms with E-state index in [1.807, 2.05) is 67.0 Å². The zero-order valence-electron chi connectivity index (χ0n) is 30.6. The maximum atomic E-state index is 6.55. The summed E-state index contributed by atoms with van der Waals surface area (Å²) in [7, 11) is 0. The molecular formula is C49H35BIrN2O2-2. The van der Waals surface area contributed by atoms with Gasteiger partial charge in [-0.2, -0.15) is 0 Å². The number of fused-ring (bicyclic) bond motifs is 4. The van der Waals surface area contributed by atoms with Crippen molar-refractivity contribution < 1.29 is 29.6 Å². The third kappa shape index (κ3) is 6.92. The molecule has 8 aromatic rings. The van der Waals surface area contributed by atoms with Crippen molar-refractivity contribution in [3.05, 3.63) is 187 Å². The van der Waals surface area contributed by atoms with Gasteiger partial charge in [0.1, 0.15) is 17.2 Å². The van der Waals surface area contributed by atoms with E-state index in [-0.39, 0.29) is 26.8 Å². The van der Waals surface area contributed by atoms with Gasteiger partial charge in [0.15, 0.2) is 0 Å². The van der Waals surface area contributed by atoms with Crippen LogP contribution in [0.25, 0.3) is 44.8 Å². The molecule has 0 N–H and O–H groups in total. The van der Waals surface area contributed by atoms with Crippen LogP contribution in [-0.2, 0) is 20.1 Å². The monoisotopic (exact) mass is 887 g/mol. The van der Waals surface area contributed by atoms with Crippen LogP contribution >= 0.6 is 0 Å². The van der Waals surface area contributed by atoms with E-state index in [1.54, 1.807) is 0 Å². The van der Waals surface area contributed by atoms with Gasteiger partial charge in [-0.25, -0.2) is 0 Å². The minimum atomic E-state index is 0. The molecule has 4 heterocycles. The molecule has 0 aliphatic carbocycles. The molecule has 0 saturated carbocycles. The number of para-hydroxylation sites is 1. The van der Waals surface area contributed by atoms with E-state index in [0.717, 1.165) is 73.0 Å². The number of hydrogen-bond donors (Lipinski definition) is 0. The average Bonchev–Trinajstić information content (AvgIpc) is 3.22. The van der Waals surface area contributed by atoms with Gasteiger partial charge < -0.3 is 19.4 Å². The zero-order valence-corrected chi connectivity index (χ0v) is 33.0. The fourth-order valence-electron chi connectivity index (χ4n) is 7.38. The third-order valence-electron chi connectivity index (χ3n) is 10.1. The summed E-state index contributed by atoms with van der Waals surface area (Å²) in [4.78, 5) is 9.32. The van der Waals surface area contributed by atoms with Crippen molar-refractivity contribution in [2.24, 2.45) is 0 Å². The van der Waals surface area contributed by atoms with Crippen molar-refractivity contribution in [3.63, 3.8) is 0 Å². The van der Waals surface area contributed by atoms with Crippen molar-refractivity contribution in [1.29, 1.82) is 0 Å². The van der Waals surface area contributed by atoms with Crippen LogP contribution in [0.4, 0.5) is 0 Å². The molecule has 0 spiro atoms. The maximum absolute atomic E-state index is 6.55. The quantitative estimate of drug-likeness (QED) is 0.131. The second-order valence-corrected chi connectivity index (χ2v) is 13.8. The minimum absolute atomic E-state index is 0. The van der Waals surface area contributed by atoms with Crippen LogP contribution in [-0.4, -0.2) is 16.7 Å². The molecule has 55 heavy (non-hydrogen) atoms. The first-order valence-corrected chi connectivity index (χ1v) is 18.2. The molecule has 2 aliphatic heterocycles. The Labute approximate surface area is 336 Å². The molecular weight excluding hydrogens is 852 g/mol. The van der Waals surface area contributed by atoms with E-state index in [4.69, 9.17) is 14.5 Å². The number of ether oxygens (including phenoxy) is 2. The second kappa shape index (κ2) is 15.4. The fraction of sp³-hybridized carbons (Fsp3) is 0.0612. The van der Waals surface area contributed by atoms with Gasteiger partial charge in [0, 0.05) is 43.7 Å². The molecule has 2 aromatic heterocycles. The summed E-state index contributed by atoms with van der Waals surface area (Å²) in [5, 5.41) is 0. The molecule has 0 atom stereocenters. The molecule has 0 saturated heterocycles. The normalized spacial score (nSPS) is 11.7. The number of rotatable bonds is 4. The van der Waals surface area contributed by atoms with Crippen LogP contribution in [0.15, 0.2) is 158 Å². The second-order valence-electron chi connectivity index (χ2n) is 13.8. The molecule has 0 fully saturated rings. The van der Waals surface area contributed by atoms with Gasteiger partial charge in [-0.05, 0) is 82.3 Å². The van der Waals surface area contributed by atoms with Gasteiger partial charge in [0.05, 0.1) is 0 Å². The number of aryl methyl sites for hydroxylation is 3. The summed E-state index contributed by atoms with van der Waals surface area (Å²) in [5.41, 5.74) is 15.4. The standard InChI is InChI=1S/C30H19BNO2.C19H16N.Ir/c1-19-18-32-25(17-22(19)20-9-3-2-4-10-20)21-11-7-13-24-30(21)34-28-16-8-15-27-29(28)31(24)23-12-5-6-14-26(23)33-27;1-14-8-10-17(11-9-14)19-12-18(15(2)13-20-19)16-6-4-3-5-7-16;/h2-10,12-18H,1H3;3-10,12-13H,1-2H3;/q2*-1;. The van der Waals surface area contributed by atoms with Gasteiger partial charge in [0.25, 0.3) is 0 Å². The van der Waals surface area contributed by atoms with Crippen molar-refractivity contribution in [1.82, 2.24) is 9.97 Å². The summed E-state index contributed by atoms with van der Waals surface area (Å²) in [6.45, 7) is 6.29. The van der Waals surface area contributed by atoms with Gasteiger partial charge in [-0.1, -0.05) is 110 Å². The Kier molecular flexibility index (Phi) is 10.0. The summed E-state index contributed by atoms with van der Waals surface area (Å²) in [6.07, 6.45) is 3.87. The Balaban J connectivity index is 0.000000175. The van der Waals surface area contributed by atoms with E-state index in [1.165, 1.54) is 27.8 Å².